The molecule has 0 aromatic carbocycles. The molecular formula is C9H12N4O2. The summed E-state index contributed by atoms with van der Waals surface area (Å²) in [7, 11) is 0. The van der Waals surface area contributed by atoms with E-state index in [1.807, 2.05) is 0 Å². The Balaban J connectivity index is 2.25. The van der Waals surface area contributed by atoms with Crippen molar-refractivity contribution in [3.63, 3.8) is 0 Å². The average molecular weight is 208 g/mol. The van der Waals surface area contributed by atoms with Gasteiger partial charge in [-0.25, -0.2) is 4.98 Å². The monoisotopic (exact) mass is 208 g/mol. The number of rotatable bonds is 3. The number of pyridine rings is 1. The van der Waals surface area contributed by atoms with Crippen LogP contribution in [0.2, 0.25) is 0 Å². The van der Waals surface area contributed by atoms with Crippen molar-refractivity contribution in [3.05, 3.63) is 27.9 Å². The molecule has 0 saturated heterocycles. The summed E-state index contributed by atoms with van der Waals surface area (Å²) in [5.41, 5.74) is 6.39. The smallest absolute Gasteiger partial charge is 0.311 e. The topological polar surface area (TPSA) is 94.1 Å². The highest BCUT2D eigenvalue weighted by Gasteiger charge is 2.35. The van der Waals surface area contributed by atoms with Gasteiger partial charge in [-0.3, -0.25) is 10.1 Å². The molecule has 1 fully saturated rings. The third kappa shape index (κ3) is 2.04. The van der Waals surface area contributed by atoms with Crippen molar-refractivity contribution in [2.75, 3.05) is 5.32 Å². The molecule has 80 valence electrons. The first-order valence-electron chi connectivity index (χ1n) is 4.71. The van der Waals surface area contributed by atoms with Gasteiger partial charge in [0.15, 0.2) is 0 Å². The molecule has 15 heavy (non-hydrogen) atoms. The molecule has 1 heterocycles. The SMILES string of the molecule is Cc1cnc(NC2CC2N)c([N+](=O)[O-])c1. The lowest BCUT2D eigenvalue weighted by atomic mass is 10.3. The predicted octanol–water partition coefficient (Wildman–Crippen LogP) is 0.810. The van der Waals surface area contributed by atoms with Crippen LogP contribution in [-0.2, 0) is 0 Å². The number of hydrogen-bond donors (Lipinski definition) is 2. The molecule has 0 amide bonds. The van der Waals surface area contributed by atoms with Gasteiger partial charge in [0.05, 0.1) is 4.92 Å². The maximum Gasteiger partial charge on any atom is 0.311 e. The number of nitrogens with two attached hydrogens (primary N) is 1. The molecule has 1 aromatic heterocycles. The van der Waals surface area contributed by atoms with Crippen LogP contribution >= 0.6 is 0 Å². The predicted molar refractivity (Wildman–Crippen MR) is 55.6 cm³/mol. The van der Waals surface area contributed by atoms with Crippen molar-refractivity contribution in [2.45, 2.75) is 25.4 Å². The van der Waals surface area contributed by atoms with E-state index < -0.39 is 4.92 Å². The Morgan fingerprint density at radius 3 is 2.93 bits per heavy atom. The van der Waals surface area contributed by atoms with Crippen LogP contribution in [-0.4, -0.2) is 22.0 Å². The first-order chi connectivity index (χ1) is 7.08. The molecule has 3 N–H and O–H groups in total. The van der Waals surface area contributed by atoms with Gasteiger partial charge < -0.3 is 11.1 Å². The first kappa shape index (κ1) is 9.85. The molecule has 2 unspecified atom stereocenters. The van der Waals surface area contributed by atoms with Crippen LogP contribution in [0.25, 0.3) is 0 Å². The summed E-state index contributed by atoms with van der Waals surface area (Å²) in [4.78, 5) is 14.3. The molecular weight excluding hydrogens is 196 g/mol. The Hall–Kier alpha value is -1.69. The molecule has 0 aliphatic heterocycles. The van der Waals surface area contributed by atoms with Gasteiger partial charge in [-0.05, 0) is 18.9 Å². The van der Waals surface area contributed by atoms with Gasteiger partial charge in [-0.15, -0.1) is 0 Å². The zero-order valence-corrected chi connectivity index (χ0v) is 8.30. The van der Waals surface area contributed by atoms with Crippen molar-refractivity contribution in [2.24, 2.45) is 5.73 Å². The van der Waals surface area contributed by atoms with E-state index >= 15 is 0 Å². The van der Waals surface area contributed by atoms with Gasteiger partial charge in [0.2, 0.25) is 5.82 Å². The number of aryl methyl sites for hydroxylation is 1. The van der Waals surface area contributed by atoms with Crippen molar-refractivity contribution in [3.8, 4) is 0 Å². The molecule has 0 spiro atoms. The van der Waals surface area contributed by atoms with Crippen LogP contribution in [0.15, 0.2) is 12.3 Å². The van der Waals surface area contributed by atoms with E-state index in [0.717, 1.165) is 12.0 Å². The van der Waals surface area contributed by atoms with Crippen molar-refractivity contribution in [1.29, 1.82) is 0 Å². The molecule has 6 nitrogen and oxygen atoms in total. The first-order valence-corrected chi connectivity index (χ1v) is 4.71. The summed E-state index contributed by atoms with van der Waals surface area (Å²) in [6.07, 6.45) is 2.44. The van der Waals surface area contributed by atoms with E-state index in [1.54, 1.807) is 13.1 Å². The number of hydrogen-bond acceptors (Lipinski definition) is 5. The molecule has 2 rings (SSSR count). The van der Waals surface area contributed by atoms with Crippen LogP contribution in [0, 0.1) is 17.0 Å². The Bertz CT molecular complexity index is 407. The number of nitrogens with one attached hydrogen (secondary N) is 1. The molecule has 1 aliphatic rings. The molecule has 0 bridgehead atoms. The van der Waals surface area contributed by atoms with E-state index in [2.05, 4.69) is 10.3 Å². The maximum atomic E-state index is 10.8. The summed E-state index contributed by atoms with van der Waals surface area (Å²) in [6.45, 7) is 1.77. The van der Waals surface area contributed by atoms with E-state index in [9.17, 15) is 10.1 Å². The lowest BCUT2D eigenvalue weighted by Gasteiger charge is -2.04. The zero-order chi connectivity index (χ0) is 11.0. The van der Waals surface area contributed by atoms with Crippen molar-refractivity contribution >= 4 is 11.5 Å². The fourth-order valence-corrected chi connectivity index (χ4v) is 1.36. The second-order valence-electron chi connectivity index (χ2n) is 3.79. The molecule has 0 radical (unpaired) electrons. The summed E-state index contributed by atoms with van der Waals surface area (Å²) in [5.74, 6) is 0.309. The van der Waals surface area contributed by atoms with Crippen LogP contribution < -0.4 is 11.1 Å². The van der Waals surface area contributed by atoms with Crippen LogP contribution in [0.3, 0.4) is 0 Å². The minimum absolute atomic E-state index is 0.00843. The summed E-state index contributed by atoms with van der Waals surface area (Å²) in [5, 5.41) is 13.7. The Labute approximate surface area is 86.6 Å². The highest BCUT2D eigenvalue weighted by Crippen LogP contribution is 2.28. The average Bonchev–Trinajstić information content (AvgIpc) is 2.85. The summed E-state index contributed by atoms with van der Waals surface area (Å²) >= 11 is 0. The largest absolute Gasteiger partial charge is 0.360 e. The zero-order valence-electron chi connectivity index (χ0n) is 8.30. The van der Waals surface area contributed by atoms with Gasteiger partial charge in [0.25, 0.3) is 0 Å². The lowest BCUT2D eigenvalue weighted by molar-refractivity contribution is -0.384. The standard InChI is InChI=1S/C9H12N4O2/c1-5-2-8(13(14)15)9(11-4-5)12-7-3-6(7)10/h2,4,6-7H,3,10H2,1H3,(H,11,12). The summed E-state index contributed by atoms with van der Waals surface area (Å²) in [6, 6.07) is 1.72. The minimum Gasteiger partial charge on any atom is -0.360 e. The molecule has 1 aliphatic carbocycles. The number of aromatic nitrogens is 1. The van der Waals surface area contributed by atoms with E-state index in [4.69, 9.17) is 5.73 Å². The van der Waals surface area contributed by atoms with Gasteiger partial charge in [0.1, 0.15) is 0 Å². The van der Waals surface area contributed by atoms with Crippen LogP contribution in [0.4, 0.5) is 11.5 Å². The minimum atomic E-state index is -0.434. The molecule has 2 atom stereocenters. The number of anilines is 1. The molecule has 6 heteroatoms. The van der Waals surface area contributed by atoms with Gasteiger partial charge in [-0.2, -0.15) is 0 Å². The number of nitrogens with zero attached hydrogens (tertiary/aromatic N) is 2. The fraction of sp³-hybridized carbons (Fsp3) is 0.444. The van der Waals surface area contributed by atoms with Crippen LogP contribution in [0.1, 0.15) is 12.0 Å². The molecule has 1 saturated carbocycles. The normalized spacial score (nSPS) is 23.6. The Morgan fingerprint density at radius 1 is 1.73 bits per heavy atom. The Kier molecular flexibility index (Phi) is 2.28. The van der Waals surface area contributed by atoms with Gasteiger partial charge in [0, 0.05) is 24.3 Å². The van der Waals surface area contributed by atoms with Crippen LogP contribution in [0.5, 0.6) is 0 Å². The van der Waals surface area contributed by atoms with Crippen molar-refractivity contribution in [1.82, 2.24) is 4.98 Å². The third-order valence-corrected chi connectivity index (χ3v) is 2.36. The highest BCUT2D eigenvalue weighted by atomic mass is 16.6. The van der Waals surface area contributed by atoms with Gasteiger partial charge >= 0.3 is 5.69 Å². The quantitative estimate of drug-likeness (QED) is 0.566. The van der Waals surface area contributed by atoms with Crippen molar-refractivity contribution < 1.29 is 4.92 Å². The number of nitro groups is 1. The fourth-order valence-electron chi connectivity index (χ4n) is 1.36. The van der Waals surface area contributed by atoms with E-state index in [1.165, 1.54) is 6.07 Å². The third-order valence-electron chi connectivity index (χ3n) is 2.36. The second-order valence-corrected chi connectivity index (χ2v) is 3.79. The van der Waals surface area contributed by atoms with Gasteiger partial charge in [-0.1, -0.05) is 0 Å². The summed E-state index contributed by atoms with van der Waals surface area (Å²) < 4.78 is 0. The second kappa shape index (κ2) is 3.47. The molecule has 1 aromatic rings. The Morgan fingerprint density at radius 2 is 2.40 bits per heavy atom. The lowest BCUT2D eigenvalue weighted by Crippen LogP contribution is -2.15. The highest BCUT2D eigenvalue weighted by molar-refractivity contribution is 5.58. The maximum absolute atomic E-state index is 10.8. The van der Waals surface area contributed by atoms with E-state index in [0.29, 0.717) is 5.82 Å². The van der Waals surface area contributed by atoms with E-state index in [-0.39, 0.29) is 17.8 Å².